The zero-order valence-corrected chi connectivity index (χ0v) is 10.1. The van der Waals surface area contributed by atoms with Crippen LogP contribution in [0.4, 0.5) is 0 Å². The van der Waals surface area contributed by atoms with E-state index in [2.05, 4.69) is 16.0 Å². The van der Waals surface area contributed by atoms with Crippen LogP contribution >= 0.6 is 0 Å². The molecule has 0 radical (unpaired) electrons. The SMILES string of the molecule is CCOC(=O)c1c2n(c3ccccc13)C[C@@H]1N[C@H]21. The number of fused-ring (bicyclic) bond motifs is 5. The summed E-state index contributed by atoms with van der Waals surface area (Å²) >= 11 is 0. The minimum absolute atomic E-state index is 0.197. The van der Waals surface area contributed by atoms with E-state index in [0.29, 0.717) is 18.7 Å². The van der Waals surface area contributed by atoms with Gasteiger partial charge in [-0.25, -0.2) is 4.79 Å². The van der Waals surface area contributed by atoms with Crippen LogP contribution in [0.5, 0.6) is 0 Å². The third-order valence-electron chi connectivity index (χ3n) is 3.85. The van der Waals surface area contributed by atoms with Crippen LogP contribution in [-0.2, 0) is 11.3 Å². The average Bonchev–Trinajstić information content (AvgIpc) is 2.92. The molecule has 4 rings (SSSR count). The highest BCUT2D eigenvalue weighted by atomic mass is 16.5. The predicted molar refractivity (Wildman–Crippen MR) is 67.6 cm³/mol. The standard InChI is InChI=1S/C14H14N2O2/c1-2-18-14(17)11-8-5-3-4-6-10(8)16-7-9-12(15-9)13(11)16/h3-6,9,12,15H,2,7H2,1H3/t9-,12-/m0/s1. The number of esters is 1. The third kappa shape index (κ3) is 1.16. The predicted octanol–water partition coefficient (Wildman–Crippen LogP) is 1.84. The summed E-state index contributed by atoms with van der Waals surface area (Å²) in [6, 6.07) is 8.92. The Balaban J connectivity index is 2.00. The van der Waals surface area contributed by atoms with E-state index in [4.69, 9.17) is 4.74 Å². The monoisotopic (exact) mass is 242 g/mol. The molecule has 0 spiro atoms. The Hall–Kier alpha value is -1.81. The molecule has 2 aromatic rings. The van der Waals surface area contributed by atoms with E-state index in [1.807, 2.05) is 25.1 Å². The molecule has 1 saturated heterocycles. The highest BCUT2D eigenvalue weighted by molar-refractivity contribution is 6.06. The van der Waals surface area contributed by atoms with Crippen molar-refractivity contribution < 1.29 is 9.53 Å². The molecular weight excluding hydrogens is 228 g/mol. The van der Waals surface area contributed by atoms with Crippen LogP contribution in [0.15, 0.2) is 24.3 Å². The van der Waals surface area contributed by atoms with Crippen molar-refractivity contribution >= 4 is 16.9 Å². The first-order valence-electron chi connectivity index (χ1n) is 6.35. The third-order valence-corrected chi connectivity index (χ3v) is 3.85. The average molecular weight is 242 g/mol. The lowest BCUT2D eigenvalue weighted by Gasteiger charge is -2.04. The molecule has 1 fully saturated rings. The second kappa shape index (κ2) is 3.36. The van der Waals surface area contributed by atoms with Gasteiger partial charge in [0.25, 0.3) is 0 Å². The number of nitrogens with one attached hydrogen (secondary N) is 1. The largest absolute Gasteiger partial charge is 0.462 e. The van der Waals surface area contributed by atoms with Gasteiger partial charge in [-0.15, -0.1) is 0 Å². The fraction of sp³-hybridized carbons (Fsp3) is 0.357. The first-order valence-corrected chi connectivity index (χ1v) is 6.35. The van der Waals surface area contributed by atoms with Crippen molar-refractivity contribution in [1.29, 1.82) is 0 Å². The molecule has 0 saturated carbocycles. The molecule has 2 aliphatic heterocycles. The van der Waals surface area contributed by atoms with Crippen molar-refractivity contribution in [3.8, 4) is 0 Å². The molecule has 4 heteroatoms. The molecule has 2 atom stereocenters. The van der Waals surface area contributed by atoms with Crippen LogP contribution in [0.2, 0.25) is 0 Å². The molecule has 0 amide bonds. The van der Waals surface area contributed by atoms with Gasteiger partial charge >= 0.3 is 5.97 Å². The summed E-state index contributed by atoms with van der Waals surface area (Å²) in [5, 5.41) is 4.41. The summed E-state index contributed by atoms with van der Waals surface area (Å²) < 4.78 is 7.46. The van der Waals surface area contributed by atoms with E-state index in [1.165, 1.54) is 0 Å². The van der Waals surface area contributed by atoms with E-state index >= 15 is 0 Å². The summed E-state index contributed by atoms with van der Waals surface area (Å²) in [5.41, 5.74) is 3.01. The molecule has 4 nitrogen and oxygen atoms in total. The molecule has 1 N–H and O–H groups in total. The second-order valence-electron chi connectivity index (χ2n) is 4.86. The molecule has 0 bridgehead atoms. The Morgan fingerprint density at radius 2 is 2.33 bits per heavy atom. The topological polar surface area (TPSA) is 53.2 Å². The summed E-state index contributed by atoms with van der Waals surface area (Å²) in [4.78, 5) is 12.2. The normalized spacial score (nSPS) is 23.8. The summed E-state index contributed by atoms with van der Waals surface area (Å²) in [7, 11) is 0. The maximum absolute atomic E-state index is 12.2. The van der Waals surface area contributed by atoms with E-state index in [-0.39, 0.29) is 5.97 Å². The van der Waals surface area contributed by atoms with Gasteiger partial charge in [-0.1, -0.05) is 18.2 Å². The van der Waals surface area contributed by atoms with Crippen LogP contribution < -0.4 is 5.32 Å². The van der Waals surface area contributed by atoms with Crippen molar-refractivity contribution in [1.82, 2.24) is 9.88 Å². The molecule has 3 heterocycles. The number of hydrogen-bond donors (Lipinski definition) is 1. The van der Waals surface area contributed by atoms with E-state index in [9.17, 15) is 4.79 Å². The fourth-order valence-corrected chi connectivity index (χ4v) is 3.06. The van der Waals surface area contributed by atoms with Crippen molar-refractivity contribution in [2.45, 2.75) is 25.6 Å². The summed E-state index contributed by atoms with van der Waals surface area (Å²) in [5.74, 6) is -0.197. The van der Waals surface area contributed by atoms with Crippen LogP contribution in [0.1, 0.15) is 29.0 Å². The van der Waals surface area contributed by atoms with Gasteiger partial charge in [-0.3, -0.25) is 0 Å². The van der Waals surface area contributed by atoms with Crippen LogP contribution in [0.25, 0.3) is 10.9 Å². The quantitative estimate of drug-likeness (QED) is 0.646. The van der Waals surface area contributed by atoms with E-state index in [1.54, 1.807) is 0 Å². The number of rotatable bonds is 2. The Labute approximate surface area is 105 Å². The highest BCUT2D eigenvalue weighted by Crippen LogP contribution is 2.44. The number of hydrogen-bond acceptors (Lipinski definition) is 3. The maximum Gasteiger partial charge on any atom is 0.340 e. The number of benzene rings is 1. The summed E-state index contributed by atoms with van der Waals surface area (Å²) in [6.07, 6.45) is 0. The molecule has 92 valence electrons. The number of carbonyl (C=O) groups excluding carboxylic acids is 1. The lowest BCUT2D eigenvalue weighted by atomic mass is 10.1. The molecular formula is C14H14N2O2. The zero-order chi connectivity index (χ0) is 12.3. The number of para-hydroxylation sites is 1. The van der Waals surface area contributed by atoms with Crippen LogP contribution in [0, 0.1) is 0 Å². The van der Waals surface area contributed by atoms with Gasteiger partial charge in [0.05, 0.1) is 23.9 Å². The molecule has 18 heavy (non-hydrogen) atoms. The molecule has 2 aliphatic rings. The van der Waals surface area contributed by atoms with E-state index < -0.39 is 0 Å². The number of carbonyl (C=O) groups is 1. The summed E-state index contributed by atoms with van der Waals surface area (Å²) in [6.45, 7) is 3.22. The molecule has 0 unspecified atom stereocenters. The van der Waals surface area contributed by atoms with Crippen molar-refractivity contribution in [2.75, 3.05) is 6.61 Å². The molecule has 0 aliphatic carbocycles. The Morgan fingerprint density at radius 1 is 1.50 bits per heavy atom. The van der Waals surface area contributed by atoms with Crippen molar-refractivity contribution in [2.24, 2.45) is 0 Å². The van der Waals surface area contributed by atoms with Gasteiger partial charge in [0.2, 0.25) is 0 Å². The van der Waals surface area contributed by atoms with Crippen LogP contribution in [-0.4, -0.2) is 23.2 Å². The number of nitrogens with zero attached hydrogens (tertiary/aromatic N) is 1. The van der Waals surface area contributed by atoms with Crippen molar-refractivity contribution in [3.63, 3.8) is 0 Å². The smallest absolute Gasteiger partial charge is 0.340 e. The fourth-order valence-electron chi connectivity index (χ4n) is 3.06. The van der Waals surface area contributed by atoms with Crippen molar-refractivity contribution in [3.05, 3.63) is 35.5 Å². The molecule has 1 aromatic carbocycles. The number of ether oxygens (including phenoxy) is 1. The van der Waals surface area contributed by atoms with Gasteiger partial charge in [0.1, 0.15) is 0 Å². The Morgan fingerprint density at radius 3 is 3.17 bits per heavy atom. The number of aromatic nitrogens is 1. The second-order valence-corrected chi connectivity index (χ2v) is 4.86. The first-order chi connectivity index (χ1) is 8.81. The lowest BCUT2D eigenvalue weighted by molar-refractivity contribution is 0.0527. The van der Waals surface area contributed by atoms with Gasteiger partial charge in [-0.2, -0.15) is 0 Å². The Kier molecular flexibility index (Phi) is 1.89. The lowest BCUT2D eigenvalue weighted by Crippen LogP contribution is -2.09. The van der Waals surface area contributed by atoms with Gasteiger partial charge in [0, 0.05) is 23.5 Å². The maximum atomic E-state index is 12.2. The van der Waals surface area contributed by atoms with Gasteiger partial charge in [0.15, 0.2) is 0 Å². The van der Waals surface area contributed by atoms with Gasteiger partial charge < -0.3 is 14.6 Å². The minimum atomic E-state index is -0.197. The van der Waals surface area contributed by atoms with Gasteiger partial charge in [-0.05, 0) is 13.0 Å². The minimum Gasteiger partial charge on any atom is -0.462 e. The highest BCUT2D eigenvalue weighted by Gasteiger charge is 2.48. The first kappa shape index (κ1) is 10.1. The van der Waals surface area contributed by atoms with E-state index in [0.717, 1.165) is 28.7 Å². The zero-order valence-electron chi connectivity index (χ0n) is 10.1. The van der Waals surface area contributed by atoms with Crippen LogP contribution in [0.3, 0.4) is 0 Å². The Bertz CT molecular complexity index is 659. The molecule has 1 aromatic heterocycles.